The highest BCUT2D eigenvalue weighted by molar-refractivity contribution is 7.85. The van der Waals surface area contributed by atoms with Gasteiger partial charge in [0.1, 0.15) is 0 Å². The summed E-state index contributed by atoms with van der Waals surface area (Å²) in [5.74, 6) is 0. The maximum Gasteiger partial charge on any atom is 0.171 e. The van der Waals surface area contributed by atoms with Crippen LogP contribution in [0.2, 0.25) is 0 Å². The van der Waals surface area contributed by atoms with Gasteiger partial charge in [-0.1, -0.05) is 158 Å². The molecule has 7 aromatic carbocycles. The van der Waals surface area contributed by atoms with Crippen molar-refractivity contribution in [2.45, 2.75) is 0 Å². The number of hydrogen-bond donors (Lipinski definition) is 0. The van der Waals surface area contributed by atoms with E-state index in [9.17, 15) is 0 Å². The molecule has 0 bridgehead atoms. The number of hydrogen-bond acceptors (Lipinski definition) is 1. The van der Waals surface area contributed by atoms with Crippen molar-refractivity contribution in [2.75, 3.05) is 0 Å². The summed E-state index contributed by atoms with van der Waals surface area (Å²) in [5.41, 5.74) is 4.56. The maximum absolute atomic E-state index is 15.1. The molecular weight excluding hydrogens is 503 g/mol. The SMILES string of the molecule is O=P(c1ccccc1)(c1ccc(-c2ccc3ccccc3c2)cc1)c1ccc(-c2cccc3ccccc23)cc1. The molecule has 0 spiro atoms. The average Bonchev–Trinajstić information content (AvgIpc) is 3.04. The maximum atomic E-state index is 15.1. The van der Waals surface area contributed by atoms with Gasteiger partial charge in [-0.3, -0.25) is 0 Å². The van der Waals surface area contributed by atoms with Crippen molar-refractivity contribution in [2.24, 2.45) is 0 Å². The molecule has 1 nitrogen and oxygen atoms in total. The summed E-state index contributed by atoms with van der Waals surface area (Å²) in [6, 6.07) is 56.2. The van der Waals surface area contributed by atoms with Crippen molar-refractivity contribution < 1.29 is 4.57 Å². The van der Waals surface area contributed by atoms with Crippen LogP contribution in [0.5, 0.6) is 0 Å². The molecule has 0 N–H and O–H groups in total. The lowest BCUT2D eigenvalue weighted by Gasteiger charge is -2.21. The van der Waals surface area contributed by atoms with Crippen LogP contribution < -0.4 is 15.9 Å². The van der Waals surface area contributed by atoms with Crippen molar-refractivity contribution in [1.82, 2.24) is 0 Å². The van der Waals surface area contributed by atoms with Gasteiger partial charge < -0.3 is 4.57 Å². The number of fused-ring (bicyclic) bond motifs is 2. The summed E-state index contributed by atoms with van der Waals surface area (Å²) < 4.78 is 15.1. The molecule has 1 atom stereocenters. The zero-order valence-electron chi connectivity index (χ0n) is 21.9. The van der Waals surface area contributed by atoms with E-state index in [0.29, 0.717) is 0 Å². The minimum Gasteiger partial charge on any atom is -0.309 e. The summed E-state index contributed by atoms with van der Waals surface area (Å²) in [6.07, 6.45) is 0. The van der Waals surface area contributed by atoms with Gasteiger partial charge in [-0.25, -0.2) is 0 Å². The second-order valence-corrected chi connectivity index (χ2v) is 12.9. The van der Waals surface area contributed by atoms with Gasteiger partial charge in [0.05, 0.1) is 0 Å². The highest BCUT2D eigenvalue weighted by Gasteiger charge is 2.29. The number of rotatable bonds is 5. The van der Waals surface area contributed by atoms with Gasteiger partial charge in [-0.15, -0.1) is 0 Å². The van der Waals surface area contributed by atoms with E-state index in [1.165, 1.54) is 27.1 Å². The molecule has 0 saturated carbocycles. The fourth-order valence-electron chi connectivity index (χ4n) is 5.65. The third-order valence-corrected chi connectivity index (χ3v) is 10.8. The minimum absolute atomic E-state index is 0.834. The molecule has 0 aliphatic carbocycles. The van der Waals surface area contributed by atoms with Crippen LogP contribution in [0.3, 0.4) is 0 Å². The molecule has 0 radical (unpaired) electrons. The zero-order valence-corrected chi connectivity index (χ0v) is 22.8. The largest absolute Gasteiger partial charge is 0.309 e. The Morgan fingerprint density at radius 2 is 0.875 bits per heavy atom. The summed E-state index contributed by atoms with van der Waals surface area (Å²) in [5, 5.41) is 7.38. The Balaban J connectivity index is 1.30. The molecule has 0 amide bonds. The Morgan fingerprint density at radius 1 is 0.350 bits per heavy atom. The van der Waals surface area contributed by atoms with E-state index in [0.717, 1.165) is 32.6 Å². The molecule has 0 aromatic heterocycles. The standard InChI is InChI=1S/C38H27OP/c39-40(34-13-2-1-3-14-34,35-23-19-29(20-24-35)33-18-17-28-9-4-5-11-32(28)27-33)36-25-21-31(22-26-36)38-16-8-12-30-10-6-7-15-37(30)38/h1-27H. The van der Waals surface area contributed by atoms with Gasteiger partial charge in [0.25, 0.3) is 0 Å². The van der Waals surface area contributed by atoms with E-state index in [2.05, 4.69) is 109 Å². The molecule has 40 heavy (non-hydrogen) atoms. The highest BCUT2D eigenvalue weighted by atomic mass is 31.2. The molecule has 7 rings (SSSR count). The fourth-order valence-corrected chi connectivity index (χ4v) is 8.27. The second kappa shape index (κ2) is 10.1. The Morgan fingerprint density at radius 3 is 1.60 bits per heavy atom. The third kappa shape index (κ3) is 4.26. The first-order chi connectivity index (χ1) is 19.7. The van der Waals surface area contributed by atoms with Gasteiger partial charge in [0.2, 0.25) is 0 Å². The van der Waals surface area contributed by atoms with Gasteiger partial charge in [-0.2, -0.15) is 0 Å². The second-order valence-electron chi connectivity index (χ2n) is 10.1. The molecule has 0 saturated heterocycles. The predicted molar refractivity (Wildman–Crippen MR) is 172 cm³/mol. The van der Waals surface area contributed by atoms with Gasteiger partial charge in [0.15, 0.2) is 7.14 Å². The molecule has 0 heterocycles. The van der Waals surface area contributed by atoms with Crippen LogP contribution >= 0.6 is 7.14 Å². The van der Waals surface area contributed by atoms with Crippen molar-refractivity contribution in [3.63, 3.8) is 0 Å². The first-order valence-corrected chi connectivity index (χ1v) is 15.3. The monoisotopic (exact) mass is 530 g/mol. The van der Waals surface area contributed by atoms with Crippen LogP contribution in [0.15, 0.2) is 164 Å². The molecule has 0 aliphatic rings. The van der Waals surface area contributed by atoms with Gasteiger partial charge in [0, 0.05) is 15.9 Å². The number of benzene rings is 7. The van der Waals surface area contributed by atoms with Crippen LogP contribution in [0.4, 0.5) is 0 Å². The molecule has 190 valence electrons. The Bertz CT molecular complexity index is 2000. The van der Waals surface area contributed by atoms with Crippen molar-refractivity contribution >= 4 is 44.6 Å². The lowest BCUT2D eigenvalue weighted by molar-refractivity contribution is 0.592. The van der Waals surface area contributed by atoms with Crippen LogP contribution in [0.1, 0.15) is 0 Å². The normalized spacial score (nSPS) is 12.8. The zero-order chi connectivity index (χ0) is 26.9. The smallest absolute Gasteiger partial charge is 0.171 e. The van der Waals surface area contributed by atoms with Crippen LogP contribution in [-0.2, 0) is 4.57 Å². The fraction of sp³-hybridized carbons (Fsp3) is 0. The summed E-state index contributed by atoms with van der Waals surface area (Å²) >= 11 is 0. The minimum atomic E-state index is -3.09. The quantitative estimate of drug-likeness (QED) is 0.203. The van der Waals surface area contributed by atoms with Crippen molar-refractivity contribution in [3.05, 3.63) is 164 Å². The first kappa shape index (κ1) is 24.3. The van der Waals surface area contributed by atoms with Crippen LogP contribution in [-0.4, -0.2) is 0 Å². The summed E-state index contributed by atoms with van der Waals surface area (Å²) in [7, 11) is -3.09. The summed E-state index contributed by atoms with van der Waals surface area (Å²) in [6.45, 7) is 0. The lowest BCUT2D eigenvalue weighted by Crippen LogP contribution is -2.24. The van der Waals surface area contributed by atoms with Crippen molar-refractivity contribution in [3.8, 4) is 22.3 Å². The lowest BCUT2D eigenvalue weighted by atomic mass is 9.98. The van der Waals surface area contributed by atoms with Gasteiger partial charge in [-0.05, 0) is 49.9 Å². The Labute approximate surface area is 234 Å². The van der Waals surface area contributed by atoms with E-state index in [1.807, 2.05) is 54.6 Å². The highest BCUT2D eigenvalue weighted by Crippen LogP contribution is 2.43. The van der Waals surface area contributed by atoms with E-state index in [4.69, 9.17) is 0 Å². The summed E-state index contributed by atoms with van der Waals surface area (Å²) in [4.78, 5) is 0. The molecule has 7 aromatic rings. The van der Waals surface area contributed by atoms with E-state index in [-0.39, 0.29) is 0 Å². The van der Waals surface area contributed by atoms with E-state index >= 15 is 4.57 Å². The Hall–Kier alpha value is -4.71. The van der Waals surface area contributed by atoms with E-state index < -0.39 is 7.14 Å². The van der Waals surface area contributed by atoms with Crippen LogP contribution in [0.25, 0.3) is 43.8 Å². The average molecular weight is 531 g/mol. The van der Waals surface area contributed by atoms with Crippen LogP contribution in [0, 0.1) is 0 Å². The molecule has 2 heteroatoms. The molecule has 0 fully saturated rings. The molecular formula is C38H27OP. The predicted octanol–water partition coefficient (Wildman–Crippen LogP) is 8.97. The van der Waals surface area contributed by atoms with Gasteiger partial charge >= 0.3 is 0 Å². The third-order valence-electron chi connectivity index (χ3n) is 7.77. The topological polar surface area (TPSA) is 17.1 Å². The van der Waals surface area contributed by atoms with E-state index in [1.54, 1.807) is 0 Å². The Kier molecular flexibility index (Phi) is 6.16. The molecule has 0 aliphatic heterocycles. The molecule has 1 unspecified atom stereocenters. The first-order valence-electron chi connectivity index (χ1n) is 13.5. The van der Waals surface area contributed by atoms with Crippen molar-refractivity contribution in [1.29, 1.82) is 0 Å².